The van der Waals surface area contributed by atoms with Crippen molar-refractivity contribution in [3.8, 4) is 0 Å². The largest absolute Gasteiger partial charge is 0.396 e. The third kappa shape index (κ3) is 2.09. The number of hydrogen-bond donors (Lipinski definition) is 2. The predicted molar refractivity (Wildman–Crippen MR) is 47.8 cm³/mol. The van der Waals surface area contributed by atoms with Gasteiger partial charge >= 0.3 is 0 Å². The first-order chi connectivity index (χ1) is 6.06. The summed E-state index contributed by atoms with van der Waals surface area (Å²) in [6.07, 6.45) is -1.14. The van der Waals surface area contributed by atoms with Crippen LogP contribution in [0.3, 0.4) is 0 Å². The van der Waals surface area contributed by atoms with Crippen molar-refractivity contribution < 1.29 is 14.2 Å². The molecule has 1 atom stereocenters. The fraction of sp³-hybridized carbons (Fsp3) is 0.250. The highest BCUT2D eigenvalue weighted by molar-refractivity contribution is 6.31. The lowest BCUT2D eigenvalue weighted by Crippen LogP contribution is -2.02. The summed E-state index contributed by atoms with van der Waals surface area (Å²) < 4.78 is 17.5. The molecule has 1 unspecified atom stereocenters. The molecule has 1 aromatic rings. The van der Waals surface area contributed by atoms with Gasteiger partial charge in [0.15, 0.2) is 12.1 Å². The van der Waals surface area contributed by atoms with E-state index in [1.165, 1.54) is 19.2 Å². The van der Waals surface area contributed by atoms with Gasteiger partial charge in [-0.2, -0.15) is 0 Å². The van der Waals surface area contributed by atoms with Crippen LogP contribution < -0.4 is 5.73 Å². The number of methoxy groups -OCH3 is 1. The maximum atomic E-state index is 12.9. The number of benzene rings is 1. The van der Waals surface area contributed by atoms with Crippen molar-refractivity contribution in [2.45, 2.75) is 6.29 Å². The molecule has 0 spiro atoms. The van der Waals surface area contributed by atoms with Gasteiger partial charge in [0.2, 0.25) is 0 Å². The Labute approximate surface area is 79.9 Å². The van der Waals surface area contributed by atoms with Gasteiger partial charge in [-0.3, -0.25) is 0 Å². The third-order valence-corrected chi connectivity index (χ3v) is 1.86. The number of anilines is 1. The molecule has 0 aliphatic rings. The highest BCUT2D eigenvalue weighted by atomic mass is 35.5. The van der Waals surface area contributed by atoms with Gasteiger partial charge in [0.1, 0.15) is 0 Å². The summed E-state index contributed by atoms with van der Waals surface area (Å²) in [7, 11) is 1.32. The second-order valence-electron chi connectivity index (χ2n) is 2.49. The number of aliphatic hydroxyl groups is 1. The van der Waals surface area contributed by atoms with Crippen molar-refractivity contribution in [2.24, 2.45) is 0 Å². The van der Waals surface area contributed by atoms with E-state index in [-0.39, 0.29) is 10.7 Å². The Morgan fingerprint density at radius 3 is 2.69 bits per heavy atom. The quantitative estimate of drug-likeness (QED) is 0.571. The maximum Gasteiger partial charge on any atom is 0.180 e. The summed E-state index contributed by atoms with van der Waals surface area (Å²) >= 11 is 5.50. The van der Waals surface area contributed by atoms with Gasteiger partial charge in [0.25, 0.3) is 0 Å². The molecule has 1 rings (SSSR count). The van der Waals surface area contributed by atoms with Crippen LogP contribution in [0.1, 0.15) is 11.9 Å². The van der Waals surface area contributed by atoms with Crippen LogP contribution in [0, 0.1) is 5.82 Å². The Hall–Kier alpha value is -0.840. The van der Waals surface area contributed by atoms with E-state index < -0.39 is 12.1 Å². The van der Waals surface area contributed by atoms with E-state index in [0.717, 1.165) is 0 Å². The average Bonchev–Trinajstić information content (AvgIpc) is 2.12. The molecule has 0 saturated carbocycles. The zero-order valence-corrected chi connectivity index (χ0v) is 7.68. The minimum Gasteiger partial charge on any atom is -0.396 e. The van der Waals surface area contributed by atoms with Gasteiger partial charge in [0, 0.05) is 12.7 Å². The topological polar surface area (TPSA) is 55.5 Å². The number of aliphatic hydroxyl groups excluding tert-OH is 1. The molecule has 13 heavy (non-hydrogen) atoms. The standard InChI is InChI=1S/C8H9ClFNO2/c1-13-8(12)4-2-5(9)7(10)6(11)3-4/h2-3,8,12H,11H2,1H3. The number of nitrogen functional groups attached to an aromatic ring is 1. The van der Waals surface area contributed by atoms with E-state index in [9.17, 15) is 9.50 Å². The number of hydrogen-bond acceptors (Lipinski definition) is 3. The minimum atomic E-state index is -1.14. The Bertz CT molecular complexity index is 296. The van der Waals surface area contributed by atoms with Gasteiger partial charge in [-0.25, -0.2) is 4.39 Å². The van der Waals surface area contributed by atoms with E-state index in [1.54, 1.807) is 0 Å². The van der Waals surface area contributed by atoms with E-state index >= 15 is 0 Å². The molecular formula is C8H9ClFNO2. The van der Waals surface area contributed by atoms with Crippen molar-refractivity contribution in [1.29, 1.82) is 0 Å². The molecular weight excluding hydrogens is 197 g/mol. The summed E-state index contributed by atoms with van der Waals surface area (Å²) in [5.41, 5.74) is 5.50. The molecule has 0 amide bonds. The van der Waals surface area contributed by atoms with Crippen LogP contribution in [0.4, 0.5) is 10.1 Å². The van der Waals surface area contributed by atoms with E-state index in [4.69, 9.17) is 17.3 Å². The first kappa shape index (κ1) is 10.2. The summed E-state index contributed by atoms with van der Waals surface area (Å²) in [5, 5.41) is 9.08. The number of rotatable bonds is 2. The molecule has 5 heteroatoms. The molecule has 72 valence electrons. The molecule has 1 aromatic carbocycles. The van der Waals surface area contributed by atoms with Crippen LogP contribution in [0.15, 0.2) is 12.1 Å². The minimum absolute atomic E-state index is 0.112. The van der Waals surface area contributed by atoms with Crippen LogP contribution >= 0.6 is 11.6 Å². The van der Waals surface area contributed by atoms with Gasteiger partial charge in [-0.15, -0.1) is 0 Å². The molecule has 0 aliphatic heterocycles. The van der Waals surface area contributed by atoms with E-state index in [1.807, 2.05) is 0 Å². The molecule has 0 bridgehead atoms. The Kier molecular flexibility index (Phi) is 3.08. The highest BCUT2D eigenvalue weighted by Crippen LogP contribution is 2.26. The zero-order chi connectivity index (χ0) is 10.0. The Balaban J connectivity index is 3.13. The average molecular weight is 206 g/mol. The Morgan fingerprint density at radius 1 is 1.62 bits per heavy atom. The lowest BCUT2D eigenvalue weighted by Gasteiger charge is -2.10. The zero-order valence-electron chi connectivity index (χ0n) is 6.92. The normalized spacial score (nSPS) is 12.9. The fourth-order valence-corrected chi connectivity index (χ4v) is 1.15. The van der Waals surface area contributed by atoms with E-state index in [2.05, 4.69) is 4.74 Å². The second kappa shape index (κ2) is 3.91. The van der Waals surface area contributed by atoms with Crippen molar-refractivity contribution >= 4 is 17.3 Å². The first-order valence-electron chi connectivity index (χ1n) is 3.51. The molecule has 3 nitrogen and oxygen atoms in total. The first-order valence-corrected chi connectivity index (χ1v) is 3.89. The lowest BCUT2D eigenvalue weighted by molar-refractivity contribution is -0.0769. The lowest BCUT2D eigenvalue weighted by atomic mass is 10.2. The molecule has 0 heterocycles. The number of halogens is 2. The third-order valence-electron chi connectivity index (χ3n) is 1.59. The Morgan fingerprint density at radius 2 is 2.23 bits per heavy atom. The fourth-order valence-electron chi connectivity index (χ4n) is 0.911. The number of nitrogens with two attached hydrogens (primary N) is 1. The van der Waals surface area contributed by atoms with Crippen LogP contribution in [-0.2, 0) is 4.74 Å². The second-order valence-corrected chi connectivity index (χ2v) is 2.90. The van der Waals surface area contributed by atoms with E-state index in [0.29, 0.717) is 5.56 Å². The molecule has 0 fully saturated rings. The summed E-state index contributed by atoms with van der Waals surface area (Å²) in [4.78, 5) is 0. The van der Waals surface area contributed by atoms with Gasteiger partial charge in [-0.05, 0) is 12.1 Å². The summed E-state index contributed by atoms with van der Waals surface area (Å²) in [5.74, 6) is -0.686. The number of ether oxygens (including phenoxy) is 1. The van der Waals surface area contributed by atoms with Crippen LogP contribution in [0.25, 0.3) is 0 Å². The van der Waals surface area contributed by atoms with Crippen molar-refractivity contribution in [3.63, 3.8) is 0 Å². The molecule has 3 N–H and O–H groups in total. The monoisotopic (exact) mass is 205 g/mol. The van der Waals surface area contributed by atoms with Crippen molar-refractivity contribution in [3.05, 3.63) is 28.5 Å². The summed E-state index contributed by atoms with van der Waals surface area (Å²) in [6, 6.07) is 2.54. The smallest absolute Gasteiger partial charge is 0.180 e. The van der Waals surface area contributed by atoms with Crippen molar-refractivity contribution in [2.75, 3.05) is 12.8 Å². The predicted octanol–water partition coefficient (Wildman–Crippen LogP) is 1.70. The summed E-state index contributed by atoms with van der Waals surface area (Å²) in [6.45, 7) is 0. The van der Waals surface area contributed by atoms with Crippen LogP contribution in [0.2, 0.25) is 5.02 Å². The van der Waals surface area contributed by atoms with Crippen LogP contribution in [0.5, 0.6) is 0 Å². The van der Waals surface area contributed by atoms with Crippen LogP contribution in [-0.4, -0.2) is 12.2 Å². The molecule has 0 aliphatic carbocycles. The van der Waals surface area contributed by atoms with Gasteiger partial charge in [-0.1, -0.05) is 11.6 Å². The SMILES string of the molecule is COC(O)c1cc(N)c(F)c(Cl)c1. The van der Waals surface area contributed by atoms with Crippen molar-refractivity contribution in [1.82, 2.24) is 0 Å². The molecule has 0 radical (unpaired) electrons. The highest BCUT2D eigenvalue weighted by Gasteiger charge is 2.11. The molecule has 0 aromatic heterocycles. The molecule has 0 saturated heterocycles. The van der Waals surface area contributed by atoms with Gasteiger partial charge in [0.05, 0.1) is 10.7 Å². The maximum absolute atomic E-state index is 12.9. The van der Waals surface area contributed by atoms with Gasteiger partial charge < -0.3 is 15.6 Å².